The lowest BCUT2D eigenvalue weighted by atomic mass is 10.2. The molecule has 1 aromatic carbocycles. The highest BCUT2D eigenvalue weighted by Crippen LogP contribution is 2.34. The van der Waals surface area contributed by atoms with E-state index in [1.165, 1.54) is 0 Å². The minimum absolute atomic E-state index is 0.0472. The van der Waals surface area contributed by atoms with Crippen LogP contribution in [-0.4, -0.2) is 45.5 Å². The Kier molecular flexibility index (Phi) is 5.15. The minimum atomic E-state index is -0.777. The molecule has 1 saturated heterocycles. The fraction of sp³-hybridized carbons (Fsp3) is 0.524. The normalized spacial score (nSPS) is 17.7. The Labute approximate surface area is 163 Å². The van der Waals surface area contributed by atoms with Gasteiger partial charge in [-0.25, -0.2) is 4.98 Å². The number of amides is 1. The Bertz CT molecular complexity index is 958. The van der Waals surface area contributed by atoms with Crippen LogP contribution in [0.2, 0.25) is 0 Å². The van der Waals surface area contributed by atoms with E-state index in [1.807, 2.05) is 18.2 Å². The van der Waals surface area contributed by atoms with Crippen molar-refractivity contribution in [2.45, 2.75) is 57.6 Å². The summed E-state index contributed by atoms with van der Waals surface area (Å²) in [5.41, 5.74) is 0.597. The number of carbonyl (C=O) groups excluding carboxylic acids is 2. The molecule has 2 heterocycles. The van der Waals surface area contributed by atoms with Gasteiger partial charge in [-0.15, -0.1) is 0 Å². The quantitative estimate of drug-likeness (QED) is 0.715. The average Bonchev–Trinajstić information content (AvgIpc) is 3.37. The van der Waals surface area contributed by atoms with Gasteiger partial charge in [0.1, 0.15) is 5.82 Å². The summed E-state index contributed by atoms with van der Waals surface area (Å²) in [6, 6.07) is 7.45. The van der Waals surface area contributed by atoms with Crippen LogP contribution < -0.4 is 5.56 Å². The molecule has 0 bridgehead atoms. The molecule has 1 saturated carbocycles. The molecule has 28 heavy (non-hydrogen) atoms. The number of carbonyl (C=O) groups is 2. The van der Waals surface area contributed by atoms with Gasteiger partial charge in [0.05, 0.1) is 17.3 Å². The molecule has 2 fully saturated rings. The molecule has 1 unspecified atom stereocenters. The van der Waals surface area contributed by atoms with Crippen molar-refractivity contribution in [1.82, 2.24) is 14.5 Å². The van der Waals surface area contributed by atoms with E-state index in [0.29, 0.717) is 23.1 Å². The third kappa shape index (κ3) is 3.79. The summed E-state index contributed by atoms with van der Waals surface area (Å²) in [7, 11) is 0. The number of likely N-dealkylation sites (tertiary alicyclic amines) is 1. The molecule has 1 aliphatic heterocycles. The van der Waals surface area contributed by atoms with E-state index in [0.717, 1.165) is 38.8 Å². The second-order valence-electron chi connectivity index (χ2n) is 7.62. The van der Waals surface area contributed by atoms with Crippen LogP contribution >= 0.6 is 0 Å². The SMILES string of the molecule is CC(OC(=O)CCc1nc2ccccc2c(=O)n1C1CC1)C(=O)N1CCCC1. The molecule has 1 aliphatic carbocycles. The van der Waals surface area contributed by atoms with E-state index in [4.69, 9.17) is 4.74 Å². The molecule has 2 aliphatic rings. The first kappa shape index (κ1) is 18.7. The molecule has 4 rings (SSSR count). The minimum Gasteiger partial charge on any atom is -0.453 e. The van der Waals surface area contributed by atoms with Gasteiger partial charge in [-0.2, -0.15) is 0 Å². The van der Waals surface area contributed by atoms with Crippen molar-refractivity contribution < 1.29 is 14.3 Å². The van der Waals surface area contributed by atoms with Crippen molar-refractivity contribution >= 4 is 22.8 Å². The van der Waals surface area contributed by atoms with Gasteiger partial charge in [0.15, 0.2) is 6.10 Å². The molecule has 7 nitrogen and oxygen atoms in total. The first-order chi connectivity index (χ1) is 13.5. The summed E-state index contributed by atoms with van der Waals surface area (Å²) in [6.07, 6.45) is 3.55. The van der Waals surface area contributed by atoms with Crippen LogP contribution in [0.15, 0.2) is 29.1 Å². The molecule has 0 N–H and O–H groups in total. The van der Waals surface area contributed by atoms with Crippen LogP contribution in [0.1, 0.15) is 50.9 Å². The van der Waals surface area contributed by atoms with Gasteiger partial charge >= 0.3 is 5.97 Å². The number of nitrogens with zero attached hydrogens (tertiary/aromatic N) is 3. The summed E-state index contributed by atoms with van der Waals surface area (Å²) >= 11 is 0. The van der Waals surface area contributed by atoms with Crippen molar-refractivity contribution in [3.05, 3.63) is 40.4 Å². The maximum atomic E-state index is 12.8. The highest BCUT2D eigenvalue weighted by Gasteiger charge is 2.29. The maximum Gasteiger partial charge on any atom is 0.307 e. The van der Waals surface area contributed by atoms with Gasteiger partial charge in [0.2, 0.25) is 0 Å². The Morgan fingerprint density at radius 3 is 2.64 bits per heavy atom. The molecule has 148 valence electrons. The number of aromatic nitrogens is 2. The van der Waals surface area contributed by atoms with E-state index < -0.39 is 12.1 Å². The van der Waals surface area contributed by atoms with Gasteiger partial charge in [0.25, 0.3) is 11.5 Å². The molecule has 1 aromatic heterocycles. The highest BCUT2D eigenvalue weighted by atomic mass is 16.5. The Hall–Kier alpha value is -2.70. The van der Waals surface area contributed by atoms with Crippen LogP contribution in [0.5, 0.6) is 0 Å². The molecule has 0 radical (unpaired) electrons. The second-order valence-corrected chi connectivity index (χ2v) is 7.62. The van der Waals surface area contributed by atoms with Crippen molar-refractivity contribution in [2.75, 3.05) is 13.1 Å². The Morgan fingerprint density at radius 2 is 1.93 bits per heavy atom. The van der Waals surface area contributed by atoms with E-state index in [9.17, 15) is 14.4 Å². The molecule has 7 heteroatoms. The molecule has 1 amide bonds. The molecule has 0 spiro atoms. The third-order valence-electron chi connectivity index (χ3n) is 5.42. The van der Waals surface area contributed by atoms with Crippen LogP contribution in [-0.2, 0) is 20.7 Å². The van der Waals surface area contributed by atoms with Gasteiger partial charge < -0.3 is 9.64 Å². The van der Waals surface area contributed by atoms with Crippen molar-refractivity contribution in [2.24, 2.45) is 0 Å². The highest BCUT2D eigenvalue weighted by molar-refractivity contribution is 5.83. The van der Waals surface area contributed by atoms with Gasteiger partial charge in [-0.05, 0) is 44.7 Å². The first-order valence-electron chi connectivity index (χ1n) is 10.0. The van der Waals surface area contributed by atoms with E-state index >= 15 is 0 Å². The lowest BCUT2D eigenvalue weighted by Crippen LogP contribution is -2.38. The Morgan fingerprint density at radius 1 is 1.21 bits per heavy atom. The predicted octanol–water partition coefficient (Wildman–Crippen LogP) is 2.22. The van der Waals surface area contributed by atoms with Crippen LogP contribution in [0.3, 0.4) is 0 Å². The lowest BCUT2D eigenvalue weighted by molar-refractivity contribution is -0.158. The number of aryl methyl sites for hydroxylation is 1. The average molecular weight is 383 g/mol. The monoisotopic (exact) mass is 383 g/mol. The summed E-state index contributed by atoms with van der Waals surface area (Å²) in [5, 5.41) is 0.602. The summed E-state index contributed by atoms with van der Waals surface area (Å²) < 4.78 is 7.07. The molecule has 1 atom stereocenters. The van der Waals surface area contributed by atoms with E-state index in [-0.39, 0.29) is 23.9 Å². The number of esters is 1. The first-order valence-corrected chi connectivity index (χ1v) is 10.0. The summed E-state index contributed by atoms with van der Waals surface area (Å²) in [5.74, 6) is 0.0380. The molecule has 2 aromatic rings. The Balaban J connectivity index is 1.45. The maximum absolute atomic E-state index is 12.8. The zero-order chi connectivity index (χ0) is 19.7. The van der Waals surface area contributed by atoms with E-state index in [2.05, 4.69) is 4.98 Å². The fourth-order valence-electron chi connectivity index (χ4n) is 3.79. The zero-order valence-electron chi connectivity index (χ0n) is 16.1. The van der Waals surface area contributed by atoms with Crippen LogP contribution in [0.25, 0.3) is 10.9 Å². The largest absolute Gasteiger partial charge is 0.453 e. The number of hydrogen-bond acceptors (Lipinski definition) is 5. The fourth-order valence-corrected chi connectivity index (χ4v) is 3.79. The standard InChI is InChI=1S/C21H25N3O4/c1-14(20(26)23-12-4-5-13-23)28-19(25)11-10-18-22-17-7-3-2-6-16(17)21(27)24(18)15-8-9-15/h2-3,6-7,14-15H,4-5,8-13H2,1H3. The number of rotatable bonds is 6. The van der Waals surface area contributed by atoms with Crippen molar-refractivity contribution in [1.29, 1.82) is 0 Å². The smallest absolute Gasteiger partial charge is 0.307 e. The number of para-hydroxylation sites is 1. The third-order valence-corrected chi connectivity index (χ3v) is 5.42. The molecular formula is C21H25N3O4. The summed E-state index contributed by atoms with van der Waals surface area (Å²) in [4.78, 5) is 43.8. The van der Waals surface area contributed by atoms with Gasteiger partial charge in [-0.3, -0.25) is 19.0 Å². The number of hydrogen-bond donors (Lipinski definition) is 0. The zero-order valence-corrected chi connectivity index (χ0v) is 16.1. The molecular weight excluding hydrogens is 358 g/mol. The van der Waals surface area contributed by atoms with Gasteiger partial charge in [0, 0.05) is 25.6 Å². The van der Waals surface area contributed by atoms with Crippen molar-refractivity contribution in [3.63, 3.8) is 0 Å². The number of fused-ring (bicyclic) bond motifs is 1. The topological polar surface area (TPSA) is 81.5 Å². The van der Waals surface area contributed by atoms with Crippen molar-refractivity contribution in [3.8, 4) is 0 Å². The van der Waals surface area contributed by atoms with Gasteiger partial charge in [-0.1, -0.05) is 12.1 Å². The van der Waals surface area contributed by atoms with Crippen LogP contribution in [0, 0.1) is 0 Å². The summed E-state index contributed by atoms with van der Waals surface area (Å²) in [6.45, 7) is 3.08. The van der Waals surface area contributed by atoms with Crippen LogP contribution in [0.4, 0.5) is 0 Å². The second kappa shape index (κ2) is 7.73. The number of ether oxygens (including phenoxy) is 1. The lowest BCUT2D eigenvalue weighted by Gasteiger charge is -2.20. The number of benzene rings is 1. The predicted molar refractivity (Wildman–Crippen MR) is 104 cm³/mol. The van der Waals surface area contributed by atoms with E-state index in [1.54, 1.807) is 22.5 Å².